The maximum absolute atomic E-state index is 13.1. The monoisotopic (exact) mass is 507 g/mol. The number of carbonyl (C=O) groups excluding carboxylic acids is 1. The molecule has 0 atom stereocenters. The Labute approximate surface area is 170 Å². The number of rotatable bonds is 6. The van der Waals surface area contributed by atoms with Crippen LogP contribution in [0.2, 0.25) is 0 Å². The first-order valence-electron chi connectivity index (χ1n) is 7.68. The Bertz CT molecular complexity index is 858. The average molecular weight is 509 g/mol. The smallest absolute Gasteiger partial charge is 0.396 e. The van der Waals surface area contributed by atoms with Crippen molar-refractivity contribution in [1.82, 2.24) is 10.3 Å². The molecule has 10 heteroatoms. The van der Waals surface area contributed by atoms with Crippen LogP contribution < -0.4 is 5.32 Å². The van der Waals surface area contributed by atoms with Gasteiger partial charge in [-0.15, -0.1) is 0 Å². The van der Waals surface area contributed by atoms with Crippen molar-refractivity contribution >= 4 is 43.5 Å². The van der Waals surface area contributed by atoms with Crippen LogP contribution in [0.15, 0.2) is 50.6 Å². The third kappa shape index (κ3) is 5.77. The van der Waals surface area contributed by atoms with Crippen molar-refractivity contribution in [2.75, 3.05) is 13.2 Å². The van der Waals surface area contributed by atoms with Gasteiger partial charge < -0.3 is 10.2 Å². The molecule has 1 aromatic carbocycles. The van der Waals surface area contributed by atoms with E-state index in [1.807, 2.05) is 0 Å². The summed E-state index contributed by atoms with van der Waals surface area (Å²) in [4.78, 5) is 21.6. The van der Waals surface area contributed by atoms with Gasteiger partial charge in [0.05, 0.1) is 17.7 Å². The molecule has 0 unspecified atom stereocenters. The second kappa shape index (κ2) is 9.32. The molecule has 0 radical (unpaired) electrons. The number of benzene rings is 1. The lowest BCUT2D eigenvalue weighted by atomic mass is 10.1. The maximum Gasteiger partial charge on any atom is 0.417 e. The lowest BCUT2D eigenvalue weighted by Gasteiger charge is -2.13. The van der Waals surface area contributed by atoms with E-state index in [2.05, 4.69) is 47.3 Å². The van der Waals surface area contributed by atoms with Gasteiger partial charge in [-0.05, 0) is 57.0 Å². The molecule has 5 nitrogen and oxygen atoms in total. The van der Waals surface area contributed by atoms with Gasteiger partial charge in [0.15, 0.2) is 0 Å². The highest BCUT2D eigenvalue weighted by molar-refractivity contribution is 9.11. The van der Waals surface area contributed by atoms with Gasteiger partial charge >= 0.3 is 6.18 Å². The molecule has 27 heavy (non-hydrogen) atoms. The fraction of sp³-hybridized carbons (Fsp3) is 0.235. The van der Waals surface area contributed by atoms with E-state index in [0.717, 1.165) is 16.6 Å². The first-order chi connectivity index (χ1) is 12.7. The van der Waals surface area contributed by atoms with Crippen molar-refractivity contribution in [3.63, 3.8) is 0 Å². The normalized spacial score (nSPS) is 12.0. The Hall–Kier alpha value is -1.94. The van der Waals surface area contributed by atoms with E-state index in [-0.39, 0.29) is 18.9 Å². The van der Waals surface area contributed by atoms with E-state index in [1.165, 1.54) is 18.3 Å². The van der Waals surface area contributed by atoms with Crippen LogP contribution in [-0.2, 0) is 11.0 Å². The van der Waals surface area contributed by atoms with Crippen molar-refractivity contribution in [1.29, 1.82) is 0 Å². The lowest BCUT2D eigenvalue weighted by molar-refractivity contribution is -0.137. The van der Waals surface area contributed by atoms with Crippen LogP contribution >= 0.6 is 31.9 Å². The van der Waals surface area contributed by atoms with E-state index >= 15 is 0 Å². The molecule has 1 amide bonds. The molecular formula is C17H14Br2F3N3O2. The molecule has 144 valence electrons. The van der Waals surface area contributed by atoms with Gasteiger partial charge in [0.25, 0.3) is 5.91 Å². The van der Waals surface area contributed by atoms with Crippen molar-refractivity contribution < 1.29 is 22.8 Å². The van der Waals surface area contributed by atoms with E-state index in [1.54, 1.807) is 13.0 Å². The summed E-state index contributed by atoms with van der Waals surface area (Å²) in [5.41, 5.74) is -0.817. The first kappa shape index (κ1) is 21.4. The summed E-state index contributed by atoms with van der Waals surface area (Å²) in [6.45, 7) is 1.84. The van der Waals surface area contributed by atoms with E-state index < -0.39 is 23.2 Å². The molecule has 0 aliphatic heterocycles. The number of halogens is 5. The lowest BCUT2D eigenvalue weighted by Crippen LogP contribution is -2.32. The number of pyridine rings is 1. The van der Waals surface area contributed by atoms with Crippen LogP contribution in [0.25, 0.3) is 0 Å². The topological polar surface area (TPSA) is 63.6 Å². The molecule has 0 aliphatic rings. The minimum absolute atomic E-state index is 0.168. The van der Waals surface area contributed by atoms with E-state index in [4.69, 9.17) is 4.84 Å². The summed E-state index contributed by atoms with van der Waals surface area (Å²) in [7, 11) is 0. The van der Waals surface area contributed by atoms with Crippen LogP contribution in [0.5, 0.6) is 0 Å². The molecule has 0 fully saturated rings. The third-order valence-electron chi connectivity index (χ3n) is 3.28. The largest absolute Gasteiger partial charge is 0.417 e. The zero-order chi connectivity index (χ0) is 20.0. The Kier molecular flexibility index (Phi) is 7.37. The second-order valence-corrected chi connectivity index (χ2v) is 6.94. The molecule has 0 saturated heterocycles. The maximum atomic E-state index is 13.1. The summed E-state index contributed by atoms with van der Waals surface area (Å²) < 4.78 is 40.6. The van der Waals surface area contributed by atoms with Gasteiger partial charge in [-0.2, -0.15) is 13.2 Å². The molecule has 0 bridgehead atoms. The molecule has 2 aromatic rings. The highest BCUT2D eigenvalue weighted by atomic mass is 79.9. The predicted molar refractivity (Wildman–Crippen MR) is 102 cm³/mol. The van der Waals surface area contributed by atoms with Gasteiger partial charge in [-0.1, -0.05) is 17.3 Å². The summed E-state index contributed by atoms with van der Waals surface area (Å²) in [6.07, 6.45) is -3.10. The third-order valence-corrected chi connectivity index (χ3v) is 4.32. The number of nitrogens with one attached hydrogen (secondary N) is 1. The van der Waals surface area contributed by atoms with Crippen molar-refractivity contribution in [2.45, 2.75) is 13.1 Å². The van der Waals surface area contributed by atoms with Crippen LogP contribution in [-0.4, -0.2) is 29.8 Å². The minimum Gasteiger partial charge on any atom is -0.396 e. The van der Waals surface area contributed by atoms with Crippen LogP contribution in [0, 0.1) is 0 Å². The Morgan fingerprint density at radius 2 is 2.00 bits per heavy atom. The van der Waals surface area contributed by atoms with Crippen molar-refractivity contribution in [2.24, 2.45) is 5.16 Å². The highest BCUT2D eigenvalue weighted by Crippen LogP contribution is 2.31. The number of alkyl halides is 3. The molecule has 0 saturated carbocycles. The molecule has 0 aliphatic carbocycles. The van der Waals surface area contributed by atoms with Gasteiger partial charge in [0, 0.05) is 15.1 Å². The zero-order valence-electron chi connectivity index (χ0n) is 14.0. The highest BCUT2D eigenvalue weighted by Gasteiger charge is 2.34. The van der Waals surface area contributed by atoms with E-state index in [9.17, 15) is 18.0 Å². The Morgan fingerprint density at radius 3 is 2.63 bits per heavy atom. The molecule has 1 aromatic heterocycles. The summed E-state index contributed by atoms with van der Waals surface area (Å²) in [5, 5.41) is 6.35. The van der Waals surface area contributed by atoms with E-state index in [0.29, 0.717) is 10.2 Å². The number of aromatic nitrogens is 1. The van der Waals surface area contributed by atoms with Gasteiger partial charge in [0.1, 0.15) is 18.0 Å². The van der Waals surface area contributed by atoms with Gasteiger partial charge in [0.2, 0.25) is 0 Å². The second-order valence-electron chi connectivity index (χ2n) is 5.17. The summed E-state index contributed by atoms with van der Waals surface area (Å²) in [6, 6.07) is 6.30. The number of carbonyl (C=O) groups is 1. The first-order valence-corrected chi connectivity index (χ1v) is 9.27. The van der Waals surface area contributed by atoms with Crippen molar-refractivity contribution in [3.05, 3.63) is 62.3 Å². The van der Waals surface area contributed by atoms with Crippen LogP contribution in [0.4, 0.5) is 13.2 Å². The number of oxime groups is 1. The summed E-state index contributed by atoms with van der Waals surface area (Å²) >= 11 is 6.62. The Morgan fingerprint density at radius 1 is 1.30 bits per heavy atom. The molecule has 1 heterocycles. The SMILES string of the molecule is CCO/N=C(\CNC(=O)c1ccccc1C(F)(F)F)c1ncc(Br)cc1Br. The Balaban J connectivity index is 2.25. The molecular weight excluding hydrogens is 495 g/mol. The molecule has 1 N–H and O–H groups in total. The number of hydrogen-bond acceptors (Lipinski definition) is 4. The van der Waals surface area contributed by atoms with Gasteiger partial charge in [-0.25, -0.2) is 0 Å². The predicted octanol–water partition coefficient (Wildman–Crippen LogP) is 4.80. The molecule has 0 spiro atoms. The minimum atomic E-state index is -4.63. The molecule has 2 rings (SSSR count). The van der Waals surface area contributed by atoms with Crippen LogP contribution in [0.3, 0.4) is 0 Å². The standard InChI is InChI=1S/C17H14Br2F3N3O2/c1-2-27-25-14(15-13(19)7-10(18)8-23-15)9-24-16(26)11-5-3-4-6-12(11)17(20,21)22/h3-8H,2,9H2,1H3,(H,24,26)/b25-14+. The number of hydrogen-bond donors (Lipinski definition) is 1. The zero-order valence-corrected chi connectivity index (χ0v) is 17.2. The number of nitrogens with zero attached hydrogens (tertiary/aromatic N) is 2. The number of amides is 1. The fourth-order valence-electron chi connectivity index (χ4n) is 2.12. The quantitative estimate of drug-likeness (QED) is 0.450. The van der Waals surface area contributed by atoms with Crippen LogP contribution in [0.1, 0.15) is 28.5 Å². The van der Waals surface area contributed by atoms with Crippen molar-refractivity contribution in [3.8, 4) is 0 Å². The van der Waals surface area contributed by atoms with Gasteiger partial charge in [-0.3, -0.25) is 9.78 Å². The average Bonchev–Trinajstić information content (AvgIpc) is 2.61. The fourth-order valence-corrected chi connectivity index (χ4v) is 3.33. The summed E-state index contributed by atoms with van der Waals surface area (Å²) in [5.74, 6) is -0.875.